The fraction of sp³-hybridized carbons (Fsp3) is 0.150. The molecule has 0 bridgehead atoms. The number of nitrogens with zero attached hydrogens (tertiary/aromatic N) is 3. The minimum Gasteiger partial charge on any atom is -0.393 e. The van der Waals surface area contributed by atoms with Gasteiger partial charge in [-0.2, -0.15) is 0 Å². The lowest BCUT2D eigenvalue weighted by Crippen LogP contribution is -2.32. The highest BCUT2D eigenvalue weighted by Crippen LogP contribution is 2.36. The van der Waals surface area contributed by atoms with Gasteiger partial charge in [-0.3, -0.25) is 14.5 Å². The van der Waals surface area contributed by atoms with Crippen molar-refractivity contribution in [2.24, 2.45) is 5.16 Å². The van der Waals surface area contributed by atoms with E-state index in [1.165, 1.54) is 10.5 Å². The second-order valence-electron chi connectivity index (χ2n) is 6.44. The molecule has 2 aromatic heterocycles. The first-order valence-electron chi connectivity index (χ1n) is 8.58. The van der Waals surface area contributed by atoms with Crippen LogP contribution in [-0.2, 0) is 4.84 Å². The van der Waals surface area contributed by atoms with Crippen molar-refractivity contribution in [3.8, 4) is 5.69 Å². The summed E-state index contributed by atoms with van der Waals surface area (Å²) in [6.45, 7) is 2.39. The Hall–Kier alpha value is -3.19. The van der Waals surface area contributed by atoms with Crippen molar-refractivity contribution in [2.75, 3.05) is 13.2 Å². The molecule has 27 heavy (non-hydrogen) atoms. The van der Waals surface area contributed by atoms with Crippen molar-refractivity contribution in [2.45, 2.75) is 6.92 Å². The van der Waals surface area contributed by atoms with Crippen molar-refractivity contribution >= 4 is 28.9 Å². The van der Waals surface area contributed by atoms with Crippen molar-refractivity contribution in [1.29, 1.82) is 0 Å². The third-order valence-electron chi connectivity index (χ3n) is 4.83. The number of amides is 2. The Morgan fingerprint density at radius 2 is 1.81 bits per heavy atom. The van der Waals surface area contributed by atoms with E-state index in [9.17, 15) is 9.59 Å². The van der Waals surface area contributed by atoms with Crippen LogP contribution < -0.4 is 0 Å². The van der Waals surface area contributed by atoms with Crippen LogP contribution in [0.25, 0.3) is 5.69 Å². The molecule has 0 saturated heterocycles. The lowest BCUT2D eigenvalue weighted by atomic mass is 10.1. The summed E-state index contributed by atoms with van der Waals surface area (Å²) in [6.07, 6.45) is 2.01. The number of aromatic nitrogens is 1. The van der Waals surface area contributed by atoms with Crippen LogP contribution in [0.5, 0.6) is 0 Å². The topological polar surface area (TPSA) is 63.9 Å². The highest BCUT2D eigenvalue weighted by molar-refractivity contribution is 7.13. The maximum absolute atomic E-state index is 12.4. The molecule has 2 amide bonds. The summed E-state index contributed by atoms with van der Waals surface area (Å²) in [5.74, 6) is -0.560. The van der Waals surface area contributed by atoms with Crippen LogP contribution in [0.3, 0.4) is 0 Å². The van der Waals surface area contributed by atoms with Crippen LogP contribution in [0.1, 0.15) is 36.9 Å². The predicted molar refractivity (Wildman–Crippen MR) is 102 cm³/mol. The molecule has 0 fully saturated rings. The molecule has 3 aromatic rings. The average molecular weight is 377 g/mol. The van der Waals surface area contributed by atoms with Crippen LogP contribution >= 0.6 is 11.3 Å². The second kappa shape index (κ2) is 5.92. The molecule has 2 aliphatic rings. The van der Waals surface area contributed by atoms with Crippen LogP contribution in [0.15, 0.2) is 53.1 Å². The number of rotatable bonds is 4. The lowest BCUT2D eigenvalue weighted by molar-refractivity contribution is 0.0571. The largest absolute Gasteiger partial charge is 0.393 e. The Bertz CT molecular complexity index is 1090. The van der Waals surface area contributed by atoms with E-state index >= 15 is 0 Å². The van der Waals surface area contributed by atoms with Crippen LogP contribution in [-0.4, -0.2) is 40.1 Å². The van der Waals surface area contributed by atoms with Gasteiger partial charge in [0.2, 0.25) is 0 Å². The number of aryl methyl sites for hydroxylation is 1. The molecule has 0 atom stereocenters. The van der Waals surface area contributed by atoms with Gasteiger partial charge >= 0.3 is 0 Å². The molecule has 0 N–H and O–H groups in total. The molecule has 0 aliphatic carbocycles. The predicted octanol–water partition coefficient (Wildman–Crippen LogP) is 3.23. The van der Waals surface area contributed by atoms with Crippen LogP contribution in [0.2, 0.25) is 0 Å². The molecule has 1 aromatic carbocycles. The van der Waals surface area contributed by atoms with E-state index in [0.717, 1.165) is 22.0 Å². The molecule has 7 heteroatoms. The van der Waals surface area contributed by atoms with Crippen molar-refractivity contribution in [3.63, 3.8) is 0 Å². The van der Waals surface area contributed by atoms with Gasteiger partial charge in [-0.05, 0) is 42.1 Å². The summed E-state index contributed by atoms with van der Waals surface area (Å²) in [5, 5.41) is 6.41. The Morgan fingerprint density at radius 3 is 2.56 bits per heavy atom. The van der Waals surface area contributed by atoms with Gasteiger partial charge in [-0.1, -0.05) is 17.3 Å². The highest BCUT2D eigenvalue weighted by atomic mass is 32.1. The van der Waals surface area contributed by atoms with Crippen molar-refractivity contribution in [3.05, 3.63) is 75.2 Å². The van der Waals surface area contributed by atoms with Crippen LogP contribution in [0, 0.1) is 6.92 Å². The molecule has 0 saturated carbocycles. The molecule has 4 heterocycles. The summed E-state index contributed by atoms with van der Waals surface area (Å²) in [4.78, 5) is 32.5. The van der Waals surface area contributed by atoms with Crippen molar-refractivity contribution < 1.29 is 14.4 Å². The zero-order valence-electron chi connectivity index (χ0n) is 14.5. The molecule has 134 valence electrons. The van der Waals surface area contributed by atoms with Crippen LogP contribution in [0.4, 0.5) is 0 Å². The molecule has 6 nitrogen and oxygen atoms in total. The van der Waals surface area contributed by atoms with E-state index < -0.39 is 0 Å². The van der Waals surface area contributed by atoms with Gasteiger partial charge in [0, 0.05) is 6.20 Å². The molecule has 0 unspecified atom stereocenters. The van der Waals surface area contributed by atoms with E-state index in [0.29, 0.717) is 11.1 Å². The SMILES string of the molecule is Cc1csc2c1-n1cccc1C2=NOCCN1C(=O)c2ccccc2C1=O. The first-order chi connectivity index (χ1) is 13.2. The molecular weight excluding hydrogens is 362 g/mol. The molecule has 5 rings (SSSR count). The van der Waals surface area contributed by atoms with E-state index in [1.807, 2.05) is 18.3 Å². The third kappa shape index (κ3) is 2.28. The van der Waals surface area contributed by atoms with Gasteiger partial charge in [0.05, 0.1) is 33.9 Å². The minimum absolute atomic E-state index is 0.148. The zero-order valence-corrected chi connectivity index (χ0v) is 15.3. The van der Waals surface area contributed by atoms with Gasteiger partial charge in [-0.25, -0.2) is 0 Å². The summed E-state index contributed by atoms with van der Waals surface area (Å²) < 4.78 is 2.10. The summed E-state index contributed by atoms with van der Waals surface area (Å²) >= 11 is 1.63. The van der Waals surface area contributed by atoms with Gasteiger partial charge in [0.25, 0.3) is 11.8 Å². The third-order valence-corrected chi connectivity index (χ3v) is 5.92. The molecule has 0 spiro atoms. The Morgan fingerprint density at radius 1 is 1.07 bits per heavy atom. The number of benzene rings is 1. The van der Waals surface area contributed by atoms with E-state index in [2.05, 4.69) is 22.0 Å². The summed E-state index contributed by atoms with van der Waals surface area (Å²) in [6, 6.07) is 10.8. The quantitative estimate of drug-likeness (QED) is 0.312. The smallest absolute Gasteiger partial charge is 0.261 e. The number of carbonyl (C=O) groups excluding carboxylic acids is 2. The number of carbonyl (C=O) groups is 2. The molecular formula is C20H15N3O3S. The minimum atomic E-state index is -0.280. The first-order valence-corrected chi connectivity index (χ1v) is 9.46. The number of hydrogen-bond donors (Lipinski definition) is 0. The molecule has 0 radical (unpaired) electrons. The molecule has 2 aliphatic heterocycles. The van der Waals surface area contributed by atoms with Gasteiger partial charge in [0.15, 0.2) is 0 Å². The first kappa shape index (κ1) is 16.0. The Kier molecular flexibility index (Phi) is 3.51. The maximum atomic E-state index is 12.4. The summed E-state index contributed by atoms with van der Waals surface area (Å²) in [5.41, 5.74) is 5.00. The Balaban J connectivity index is 1.32. The second-order valence-corrected chi connectivity index (χ2v) is 7.32. The monoisotopic (exact) mass is 377 g/mol. The number of hydrogen-bond acceptors (Lipinski definition) is 5. The van der Waals surface area contributed by atoms with E-state index in [-0.39, 0.29) is 25.0 Å². The normalized spacial score (nSPS) is 16.0. The number of imide groups is 1. The lowest BCUT2D eigenvalue weighted by Gasteiger charge is -2.12. The van der Waals surface area contributed by atoms with Gasteiger partial charge < -0.3 is 9.40 Å². The maximum Gasteiger partial charge on any atom is 0.261 e. The summed E-state index contributed by atoms with van der Waals surface area (Å²) in [7, 11) is 0. The fourth-order valence-electron chi connectivity index (χ4n) is 3.56. The number of oxime groups is 1. The van der Waals surface area contributed by atoms with Gasteiger partial charge in [0.1, 0.15) is 12.3 Å². The van der Waals surface area contributed by atoms with E-state index in [4.69, 9.17) is 4.84 Å². The van der Waals surface area contributed by atoms with E-state index in [1.54, 1.807) is 35.6 Å². The number of thiophene rings is 1. The zero-order chi connectivity index (χ0) is 18.5. The fourth-order valence-corrected chi connectivity index (χ4v) is 4.59. The Labute approximate surface area is 159 Å². The average Bonchev–Trinajstić information content (AvgIpc) is 3.39. The van der Waals surface area contributed by atoms with Crippen molar-refractivity contribution in [1.82, 2.24) is 9.47 Å². The highest BCUT2D eigenvalue weighted by Gasteiger charge is 2.35. The van der Waals surface area contributed by atoms with Gasteiger partial charge in [-0.15, -0.1) is 11.3 Å². The standard InChI is InChI=1S/C20H15N3O3S/c1-12-11-27-18-16(15-7-4-8-22(15)17(12)18)21-26-10-9-23-19(24)13-5-2-3-6-14(13)20(23)25/h2-8,11H,9-10H2,1H3. The number of fused-ring (bicyclic) bond motifs is 4.